The molecule has 112 valence electrons. The molecule has 0 saturated carbocycles. The van der Waals surface area contributed by atoms with Crippen molar-refractivity contribution < 1.29 is 13.6 Å². The first-order valence-corrected chi connectivity index (χ1v) is 7.69. The average molecular weight is 310 g/mol. The van der Waals surface area contributed by atoms with Gasteiger partial charge in [0.15, 0.2) is 5.13 Å². The van der Waals surface area contributed by atoms with Gasteiger partial charge < -0.3 is 5.32 Å². The van der Waals surface area contributed by atoms with E-state index in [1.807, 2.05) is 0 Å². The quantitative estimate of drug-likeness (QED) is 0.792. The van der Waals surface area contributed by atoms with Crippen LogP contribution in [-0.4, -0.2) is 10.9 Å². The highest BCUT2D eigenvalue weighted by molar-refractivity contribution is 7.14. The van der Waals surface area contributed by atoms with Gasteiger partial charge in [0.05, 0.1) is 5.69 Å². The summed E-state index contributed by atoms with van der Waals surface area (Å²) >= 11 is 1.19. The van der Waals surface area contributed by atoms with E-state index in [4.69, 9.17) is 0 Å². The van der Waals surface area contributed by atoms with Crippen molar-refractivity contribution in [2.45, 2.75) is 32.6 Å². The molecule has 1 aromatic carbocycles. The molecule has 1 N–H and O–H groups in total. The van der Waals surface area contributed by atoms with Gasteiger partial charge in [0, 0.05) is 17.4 Å². The number of benzene rings is 1. The number of unbranched alkanes of at least 4 members (excludes halogenated alkanes) is 2. The van der Waals surface area contributed by atoms with Crippen molar-refractivity contribution in [2.24, 2.45) is 0 Å². The first kappa shape index (κ1) is 15.6. The molecule has 0 unspecified atom stereocenters. The number of amides is 1. The summed E-state index contributed by atoms with van der Waals surface area (Å²) in [6.07, 6.45) is 3.33. The lowest BCUT2D eigenvalue weighted by molar-refractivity contribution is -0.116. The highest BCUT2D eigenvalue weighted by Gasteiger charge is 2.12. The molecule has 6 heteroatoms. The first-order valence-electron chi connectivity index (χ1n) is 6.81. The minimum Gasteiger partial charge on any atom is -0.302 e. The molecule has 0 atom stereocenters. The molecule has 3 nitrogen and oxygen atoms in total. The third kappa shape index (κ3) is 4.32. The van der Waals surface area contributed by atoms with E-state index in [0.717, 1.165) is 37.5 Å². The van der Waals surface area contributed by atoms with Crippen molar-refractivity contribution in [3.05, 3.63) is 35.2 Å². The smallest absolute Gasteiger partial charge is 0.226 e. The zero-order valence-electron chi connectivity index (χ0n) is 11.7. The molecule has 1 heterocycles. The monoisotopic (exact) mass is 310 g/mol. The fourth-order valence-electron chi connectivity index (χ4n) is 1.87. The number of thiazole rings is 1. The van der Waals surface area contributed by atoms with Crippen LogP contribution in [0.2, 0.25) is 0 Å². The van der Waals surface area contributed by atoms with Crippen LogP contribution in [0.25, 0.3) is 11.3 Å². The predicted molar refractivity (Wildman–Crippen MR) is 80.2 cm³/mol. The summed E-state index contributed by atoms with van der Waals surface area (Å²) in [6.45, 7) is 2.07. The summed E-state index contributed by atoms with van der Waals surface area (Å²) in [4.78, 5) is 15.8. The van der Waals surface area contributed by atoms with Gasteiger partial charge in [-0.2, -0.15) is 0 Å². The number of carbonyl (C=O) groups excluding carboxylic acids is 1. The van der Waals surface area contributed by atoms with Crippen LogP contribution < -0.4 is 5.32 Å². The molecule has 0 spiro atoms. The van der Waals surface area contributed by atoms with Crippen LogP contribution in [0.15, 0.2) is 23.6 Å². The first-order chi connectivity index (χ1) is 10.1. The second kappa shape index (κ2) is 7.26. The Morgan fingerprint density at radius 2 is 2.14 bits per heavy atom. The van der Waals surface area contributed by atoms with Gasteiger partial charge in [0.25, 0.3) is 0 Å². The second-order valence-corrected chi connectivity index (χ2v) is 5.53. The van der Waals surface area contributed by atoms with Crippen molar-refractivity contribution >= 4 is 22.4 Å². The van der Waals surface area contributed by atoms with Crippen LogP contribution in [0, 0.1) is 11.6 Å². The van der Waals surface area contributed by atoms with Crippen LogP contribution in [0.3, 0.4) is 0 Å². The van der Waals surface area contributed by atoms with Gasteiger partial charge in [-0.3, -0.25) is 4.79 Å². The summed E-state index contributed by atoms with van der Waals surface area (Å²) in [6, 6.07) is 3.21. The van der Waals surface area contributed by atoms with Crippen LogP contribution >= 0.6 is 11.3 Å². The molecule has 0 fully saturated rings. The van der Waals surface area contributed by atoms with Gasteiger partial charge in [0.1, 0.15) is 11.6 Å². The Kier molecular flexibility index (Phi) is 5.38. The Balaban J connectivity index is 2.04. The maximum absolute atomic E-state index is 13.6. The molecule has 0 aliphatic rings. The number of nitrogens with one attached hydrogen (secondary N) is 1. The third-order valence-corrected chi connectivity index (χ3v) is 3.72. The standard InChI is InChI=1S/C15H16F2N2OS/c1-2-3-4-5-14(20)19-15-18-13(9-21-15)11-8-10(16)6-7-12(11)17/h6-9H,2-5H2,1H3,(H,18,19,20). The van der Waals surface area contributed by atoms with E-state index in [1.165, 1.54) is 11.3 Å². The Labute approximate surface area is 126 Å². The van der Waals surface area contributed by atoms with E-state index in [0.29, 0.717) is 17.2 Å². The zero-order valence-corrected chi connectivity index (χ0v) is 12.5. The molecule has 0 aliphatic carbocycles. The highest BCUT2D eigenvalue weighted by atomic mass is 32.1. The predicted octanol–water partition coefficient (Wildman–Crippen LogP) is 4.61. The Morgan fingerprint density at radius 3 is 2.90 bits per heavy atom. The van der Waals surface area contributed by atoms with Gasteiger partial charge in [0.2, 0.25) is 5.91 Å². The number of anilines is 1. The van der Waals surface area contributed by atoms with Gasteiger partial charge >= 0.3 is 0 Å². The van der Waals surface area contributed by atoms with E-state index in [9.17, 15) is 13.6 Å². The number of hydrogen-bond donors (Lipinski definition) is 1. The van der Waals surface area contributed by atoms with E-state index in [-0.39, 0.29) is 11.5 Å². The fourth-order valence-corrected chi connectivity index (χ4v) is 2.59. The second-order valence-electron chi connectivity index (χ2n) is 4.67. The molecule has 1 amide bonds. The number of carbonyl (C=O) groups is 1. The van der Waals surface area contributed by atoms with Crippen LogP contribution in [0.1, 0.15) is 32.6 Å². The minimum atomic E-state index is -0.539. The number of aromatic nitrogens is 1. The summed E-state index contributed by atoms with van der Waals surface area (Å²) in [5.74, 6) is -1.17. The fraction of sp³-hybridized carbons (Fsp3) is 0.333. The van der Waals surface area contributed by atoms with Crippen LogP contribution in [0.5, 0.6) is 0 Å². The molecular formula is C15H16F2N2OS. The Morgan fingerprint density at radius 1 is 1.33 bits per heavy atom. The molecule has 0 bridgehead atoms. The summed E-state index contributed by atoms with van der Waals surface area (Å²) in [5.41, 5.74) is 0.415. The van der Waals surface area contributed by atoms with E-state index < -0.39 is 11.6 Å². The number of rotatable bonds is 6. The van der Waals surface area contributed by atoms with Gasteiger partial charge in [-0.25, -0.2) is 13.8 Å². The van der Waals surface area contributed by atoms with Crippen molar-refractivity contribution in [1.29, 1.82) is 0 Å². The molecular weight excluding hydrogens is 294 g/mol. The lowest BCUT2D eigenvalue weighted by Gasteiger charge is -2.01. The Bertz CT molecular complexity index is 628. The van der Waals surface area contributed by atoms with Crippen LogP contribution in [0.4, 0.5) is 13.9 Å². The minimum absolute atomic E-state index is 0.0951. The van der Waals surface area contributed by atoms with Gasteiger partial charge in [-0.15, -0.1) is 11.3 Å². The maximum atomic E-state index is 13.6. The third-order valence-electron chi connectivity index (χ3n) is 2.96. The Hall–Kier alpha value is -1.82. The molecule has 0 saturated heterocycles. The normalized spacial score (nSPS) is 10.6. The zero-order chi connectivity index (χ0) is 15.2. The van der Waals surface area contributed by atoms with Crippen molar-refractivity contribution in [2.75, 3.05) is 5.32 Å². The van der Waals surface area contributed by atoms with Crippen molar-refractivity contribution in [3.63, 3.8) is 0 Å². The highest BCUT2D eigenvalue weighted by Crippen LogP contribution is 2.27. The summed E-state index contributed by atoms with van der Waals surface area (Å²) < 4.78 is 26.8. The molecule has 21 heavy (non-hydrogen) atoms. The van der Waals surface area contributed by atoms with E-state index >= 15 is 0 Å². The molecule has 0 aliphatic heterocycles. The van der Waals surface area contributed by atoms with Crippen LogP contribution in [-0.2, 0) is 4.79 Å². The largest absolute Gasteiger partial charge is 0.302 e. The van der Waals surface area contributed by atoms with E-state index in [1.54, 1.807) is 5.38 Å². The lowest BCUT2D eigenvalue weighted by Crippen LogP contribution is -2.10. The molecule has 2 rings (SSSR count). The number of nitrogens with zero attached hydrogens (tertiary/aromatic N) is 1. The molecule has 1 aromatic heterocycles. The number of halogens is 2. The maximum Gasteiger partial charge on any atom is 0.226 e. The summed E-state index contributed by atoms with van der Waals surface area (Å²) in [5, 5.41) is 4.67. The lowest BCUT2D eigenvalue weighted by atomic mass is 10.1. The summed E-state index contributed by atoms with van der Waals surface area (Å²) in [7, 11) is 0. The topological polar surface area (TPSA) is 42.0 Å². The average Bonchev–Trinajstić information content (AvgIpc) is 2.90. The SMILES string of the molecule is CCCCCC(=O)Nc1nc(-c2cc(F)ccc2F)cs1. The van der Waals surface area contributed by atoms with Gasteiger partial charge in [-0.05, 0) is 24.6 Å². The van der Waals surface area contributed by atoms with Crippen molar-refractivity contribution in [1.82, 2.24) is 4.98 Å². The number of hydrogen-bond acceptors (Lipinski definition) is 3. The van der Waals surface area contributed by atoms with E-state index in [2.05, 4.69) is 17.2 Å². The van der Waals surface area contributed by atoms with Crippen molar-refractivity contribution in [3.8, 4) is 11.3 Å². The molecule has 0 radical (unpaired) electrons. The molecule has 2 aromatic rings. The van der Waals surface area contributed by atoms with Gasteiger partial charge in [-0.1, -0.05) is 19.8 Å².